The number of para-hydroxylation sites is 2. The number of nitrogens with zero attached hydrogens (tertiary/aromatic N) is 3. The van der Waals surface area contributed by atoms with Crippen molar-refractivity contribution in [1.29, 1.82) is 5.26 Å². The number of fused-ring (bicyclic) bond motifs is 1. The number of aromatic nitrogens is 2. The molecule has 1 amide bonds. The molecule has 0 aliphatic carbocycles. The standard InChI is InChI=1S/C20H17F3N4O2/c1-2-18-26-15-5-3-4-6-16(15)27(18)11-19(28)25-14-7-8-17(13(9-14)10-24)29-12-20(21,22)23/h3-9H,2,11-12H2,1H3,(H,25,28). The maximum Gasteiger partial charge on any atom is 0.422 e. The number of aryl methyl sites for hydroxylation is 1. The Labute approximate surface area is 164 Å². The van der Waals surface area contributed by atoms with Crippen LogP contribution in [0.3, 0.4) is 0 Å². The number of amides is 1. The molecule has 1 aromatic heterocycles. The number of benzene rings is 2. The third-order valence-corrected chi connectivity index (χ3v) is 4.13. The number of nitriles is 1. The van der Waals surface area contributed by atoms with Crippen LogP contribution in [-0.2, 0) is 17.8 Å². The highest BCUT2D eigenvalue weighted by Crippen LogP contribution is 2.25. The SMILES string of the molecule is CCc1nc2ccccc2n1CC(=O)Nc1ccc(OCC(F)(F)F)c(C#N)c1. The van der Waals surface area contributed by atoms with Gasteiger partial charge in [0.2, 0.25) is 5.91 Å². The summed E-state index contributed by atoms with van der Waals surface area (Å²) in [4.78, 5) is 17.0. The average Bonchev–Trinajstić information content (AvgIpc) is 3.03. The molecule has 0 bridgehead atoms. The summed E-state index contributed by atoms with van der Waals surface area (Å²) in [7, 11) is 0. The number of ether oxygens (including phenoxy) is 1. The lowest BCUT2D eigenvalue weighted by Gasteiger charge is -2.12. The molecule has 0 fully saturated rings. The minimum Gasteiger partial charge on any atom is -0.483 e. The van der Waals surface area contributed by atoms with Gasteiger partial charge in [0.25, 0.3) is 0 Å². The highest BCUT2D eigenvalue weighted by Gasteiger charge is 2.29. The zero-order chi connectivity index (χ0) is 21.0. The summed E-state index contributed by atoms with van der Waals surface area (Å²) in [5.74, 6) is 0.211. The van der Waals surface area contributed by atoms with Crippen molar-refractivity contribution in [3.8, 4) is 11.8 Å². The van der Waals surface area contributed by atoms with Gasteiger partial charge in [-0.25, -0.2) is 4.98 Å². The molecule has 1 N–H and O–H groups in total. The van der Waals surface area contributed by atoms with Gasteiger partial charge >= 0.3 is 6.18 Å². The Hall–Kier alpha value is -3.54. The molecule has 9 heteroatoms. The maximum absolute atomic E-state index is 12.5. The van der Waals surface area contributed by atoms with Crippen LogP contribution in [0.25, 0.3) is 11.0 Å². The number of anilines is 1. The first-order chi connectivity index (χ1) is 13.8. The van der Waals surface area contributed by atoms with E-state index in [2.05, 4.69) is 15.0 Å². The molecule has 0 aliphatic heterocycles. The van der Waals surface area contributed by atoms with Crippen LogP contribution in [0.1, 0.15) is 18.3 Å². The van der Waals surface area contributed by atoms with E-state index in [1.165, 1.54) is 18.2 Å². The summed E-state index contributed by atoms with van der Waals surface area (Å²) in [5, 5.41) is 11.8. The van der Waals surface area contributed by atoms with Gasteiger partial charge in [-0.1, -0.05) is 19.1 Å². The summed E-state index contributed by atoms with van der Waals surface area (Å²) >= 11 is 0. The van der Waals surface area contributed by atoms with Gasteiger partial charge in [0.1, 0.15) is 24.2 Å². The molecule has 6 nitrogen and oxygen atoms in total. The van der Waals surface area contributed by atoms with Crippen molar-refractivity contribution in [1.82, 2.24) is 9.55 Å². The average molecular weight is 402 g/mol. The largest absolute Gasteiger partial charge is 0.483 e. The summed E-state index contributed by atoms with van der Waals surface area (Å²) < 4.78 is 43.4. The first-order valence-electron chi connectivity index (χ1n) is 8.78. The number of carbonyl (C=O) groups is 1. The van der Waals surface area contributed by atoms with Crippen molar-refractivity contribution in [3.63, 3.8) is 0 Å². The van der Waals surface area contributed by atoms with E-state index in [1.807, 2.05) is 31.2 Å². The van der Waals surface area contributed by atoms with Gasteiger partial charge in [0.05, 0.1) is 16.6 Å². The number of carbonyl (C=O) groups excluding carboxylic acids is 1. The molecule has 3 rings (SSSR count). The fourth-order valence-electron chi connectivity index (χ4n) is 2.90. The minimum atomic E-state index is -4.51. The summed E-state index contributed by atoms with van der Waals surface area (Å²) in [6, 6.07) is 13.1. The van der Waals surface area contributed by atoms with Crippen LogP contribution >= 0.6 is 0 Å². The Morgan fingerprint density at radius 2 is 2.03 bits per heavy atom. The van der Waals surface area contributed by atoms with Crippen LogP contribution in [0.5, 0.6) is 5.75 Å². The molecule has 29 heavy (non-hydrogen) atoms. The predicted octanol–water partition coefficient (Wildman–Crippen LogP) is 4.05. The van der Waals surface area contributed by atoms with Crippen LogP contribution in [-0.4, -0.2) is 28.2 Å². The molecule has 0 atom stereocenters. The molecule has 1 heterocycles. The van der Waals surface area contributed by atoms with Crippen molar-refractivity contribution in [2.24, 2.45) is 0 Å². The minimum absolute atomic E-state index is 0.0118. The van der Waals surface area contributed by atoms with Crippen molar-refractivity contribution in [3.05, 3.63) is 53.9 Å². The molecule has 0 radical (unpaired) electrons. The molecule has 2 aromatic carbocycles. The van der Waals surface area contributed by atoms with Crippen LogP contribution < -0.4 is 10.1 Å². The van der Waals surface area contributed by atoms with E-state index in [9.17, 15) is 18.0 Å². The number of alkyl halides is 3. The summed E-state index contributed by atoms with van der Waals surface area (Å²) in [6.45, 7) is 0.452. The Morgan fingerprint density at radius 3 is 2.72 bits per heavy atom. The number of halogens is 3. The summed E-state index contributed by atoms with van der Waals surface area (Å²) in [6.07, 6.45) is -3.87. The van der Waals surface area contributed by atoms with E-state index < -0.39 is 12.8 Å². The zero-order valence-electron chi connectivity index (χ0n) is 15.5. The van der Waals surface area contributed by atoms with Crippen molar-refractivity contribution in [2.45, 2.75) is 26.1 Å². The third-order valence-electron chi connectivity index (χ3n) is 4.13. The molecule has 150 valence electrons. The quantitative estimate of drug-likeness (QED) is 0.675. The van der Waals surface area contributed by atoms with E-state index in [-0.39, 0.29) is 29.5 Å². The highest BCUT2D eigenvalue weighted by atomic mass is 19.4. The molecule has 0 unspecified atom stereocenters. The lowest BCUT2D eigenvalue weighted by molar-refractivity contribution is -0.153. The molecule has 0 saturated heterocycles. The van der Waals surface area contributed by atoms with Crippen LogP contribution in [0, 0.1) is 11.3 Å². The fraction of sp³-hybridized carbons (Fsp3) is 0.250. The topological polar surface area (TPSA) is 79.9 Å². The van der Waals surface area contributed by atoms with Gasteiger partial charge in [0, 0.05) is 12.1 Å². The van der Waals surface area contributed by atoms with E-state index in [0.29, 0.717) is 6.42 Å². The van der Waals surface area contributed by atoms with Crippen molar-refractivity contribution in [2.75, 3.05) is 11.9 Å². The van der Waals surface area contributed by atoms with Gasteiger partial charge in [-0.05, 0) is 30.3 Å². The molecule has 0 saturated carbocycles. The van der Waals surface area contributed by atoms with E-state index in [4.69, 9.17) is 5.26 Å². The van der Waals surface area contributed by atoms with Gasteiger partial charge in [-0.3, -0.25) is 4.79 Å². The van der Waals surface area contributed by atoms with E-state index in [0.717, 1.165) is 16.9 Å². The van der Waals surface area contributed by atoms with E-state index >= 15 is 0 Å². The first kappa shape index (κ1) is 20.2. The van der Waals surface area contributed by atoms with Gasteiger partial charge < -0.3 is 14.6 Å². The number of hydrogen-bond acceptors (Lipinski definition) is 4. The van der Waals surface area contributed by atoms with Crippen molar-refractivity contribution < 1.29 is 22.7 Å². The second kappa shape index (κ2) is 8.22. The number of imidazole rings is 1. The van der Waals surface area contributed by atoms with E-state index in [1.54, 1.807) is 10.6 Å². The number of hydrogen-bond donors (Lipinski definition) is 1. The smallest absolute Gasteiger partial charge is 0.422 e. The fourth-order valence-corrected chi connectivity index (χ4v) is 2.90. The van der Waals surface area contributed by atoms with Crippen LogP contribution in [0.4, 0.5) is 18.9 Å². The normalized spacial score (nSPS) is 11.3. The molecule has 3 aromatic rings. The number of nitrogens with one attached hydrogen (secondary N) is 1. The van der Waals surface area contributed by atoms with Crippen LogP contribution in [0.2, 0.25) is 0 Å². The second-order valence-electron chi connectivity index (χ2n) is 6.23. The monoisotopic (exact) mass is 402 g/mol. The van der Waals surface area contributed by atoms with Gasteiger partial charge in [-0.2, -0.15) is 18.4 Å². The lowest BCUT2D eigenvalue weighted by Crippen LogP contribution is -2.21. The van der Waals surface area contributed by atoms with Gasteiger partial charge in [-0.15, -0.1) is 0 Å². The third kappa shape index (κ3) is 4.85. The Balaban J connectivity index is 1.75. The Morgan fingerprint density at radius 1 is 1.28 bits per heavy atom. The molecular weight excluding hydrogens is 385 g/mol. The van der Waals surface area contributed by atoms with Crippen LogP contribution in [0.15, 0.2) is 42.5 Å². The number of rotatable bonds is 6. The molecule has 0 aliphatic rings. The Bertz CT molecular complexity index is 1080. The highest BCUT2D eigenvalue weighted by molar-refractivity contribution is 5.92. The van der Waals surface area contributed by atoms with Gasteiger partial charge in [0.15, 0.2) is 6.61 Å². The predicted molar refractivity (Wildman–Crippen MR) is 100 cm³/mol. The maximum atomic E-state index is 12.5. The second-order valence-corrected chi connectivity index (χ2v) is 6.23. The summed E-state index contributed by atoms with van der Waals surface area (Å²) in [5.41, 5.74) is 1.80. The Kier molecular flexibility index (Phi) is 5.73. The lowest BCUT2D eigenvalue weighted by atomic mass is 10.2. The first-order valence-corrected chi connectivity index (χ1v) is 8.78. The zero-order valence-corrected chi connectivity index (χ0v) is 15.5. The molecular formula is C20H17F3N4O2. The van der Waals surface area contributed by atoms with Crippen molar-refractivity contribution >= 4 is 22.6 Å². The molecule has 0 spiro atoms.